The van der Waals surface area contributed by atoms with Crippen molar-refractivity contribution in [3.63, 3.8) is 0 Å². The van der Waals surface area contributed by atoms with Gasteiger partial charge in [-0.2, -0.15) is 0 Å². The molecule has 4 heteroatoms. The quantitative estimate of drug-likeness (QED) is 0.571. The van der Waals surface area contributed by atoms with E-state index >= 15 is 0 Å². The van der Waals surface area contributed by atoms with Crippen molar-refractivity contribution in [3.05, 3.63) is 60.5 Å². The highest BCUT2D eigenvalue weighted by atomic mass is 19.1. The van der Waals surface area contributed by atoms with E-state index in [1.54, 1.807) is 29.2 Å². The van der Waals surface area contributed by atoms with Gasteiger partial charge in [0.25, 0.3) is 0 Å². The molecule has 0 spiro atoms. The predicted molar refractivity (Wildman–Crippen MR) is 78.8 cm³/mol. The van der Waals surface area contributed by atoms with Crippen LogP contribution in [0.15, 0.2) is 60.5 Å². The molecule has 0 unspecified atom stereocenters. The molecule has 1 saturated heterocycles. The molecule has 0 aromatic heterocycles. The number of allylic oxidation sites excluding steroid dienone is 8. The molecule has 0 aromatic carbocycles. The van der Waals surface area contributed by atoms with Gasteiger partial charge in [-0.1, -0.05) is 36.5 Å². The zero-order chi connectivity index (χ0) is 14.6. The minimum absolute atomic E-state index is 0.00533. The zero-order valence-electron chi connectivity index (χ0n) is 11.7. The Labute approximate surface area is 119 Å². The first-order chi connectivity index (χ1) is 9.74. The molecular weight excluding hydrogens is 257 g/mol. The minimum Gasteiger partial charge on any atom is -0.378 e. The fourth-order valence-electron chi connectivity index (χ4n) is 1.58. The molecule has 1 aliphatic rings. The average molecular weight is 277 g/mol. The van der Waals surface area contributed by atoms with E-state index in [0.717, 1.165) is 5.57 Å². The third kappa shape index (κ3) is 6.85. The van der Waals surface area contributed by atoms with Crippen LogP contribution in [0.2, 0.25) is 0 Å². The summed E-state index contributed by atoms with van der Waals surface area (Å²) in [4.78, 5) is 13.5. The SMILES string of the molecule is CC(/C=C\F)=C/C=C/C=C/C=C/C(=O)N1CCOCC1. The molecule has 0 aliphatic carbocycles. The summed E-state index contributed by atoms with van der Waals surface area (Å²) in [7, 11) is 0. The van der Waals surface area contributed by atoms with Crippen LogP contribution in [0.5, 0.6) is 0 Å². The third-order valence-electron chi connectivity index (χ3n) is 2.69. The number of ether oxygens (including phenoxy) is 1. The number of carbonyl (C=O) groups excluding carboxylic acids is 1. The number of morpholine rings is 1. The van der Waals surface area contributed by atoms with Gasteiger partial charge in [0.2, 0.25) is 5.91 Å². The first-order valence-electron chi connectivity index (χ1n) is 6.56. The molecular formula is C16H20FNO2. The molecule has 0 radical (unpaired) electrons. The van der Waals surface area contributed by atoms with E-state index in [9.17, 15) is 9.18 Å². The van der Waals surface area contributed by atoms with E-state index in [4.69, 9.17) is 4.74 Å². The lowest BCUT2D eigenvalue weighted by Crippen LogP contribution is -2.39. The lowest BCUT2D eigenvalue weighted by atomic mass is 10.2. The maximum absolute atomic E-state index is 11.8. The average Bonchev–Trinajstić information content (AvgIpc) is 2.47. The predicted octanol–water partition coefficient (Wildman–Crippen LogP) is 2.94. The largest absolute Gasteiger partial charge is 0.378 e. The van der Waals surface area contributed by atoms with E-state index in [-0.39, 0.29) is 5.91 Å². The minimum atomic E-state index is 0.00533. The van der Waals surface area contributed by atoms with E-state index in [1.165, 1.54) is 6.08 Å². The van der Waals surface area contributed by atoms with Crippen LogP contribution in [0.1, 0.15) is 6.92 Å². The van der Waals surface area contributed by atoms with E-state index in [1.807, 2.05) is 25.2 Å². The van der Waals surface area contributed by atoms with Crippen molar-refractivity contribution in [1.82, 2.24) is 4.90 Å². The molecule has 1 heterocycles. The van der Waals surface area contributed by atoms with Crippen LogP contribution in [0.4, 0.5) is 4.39 Å². The Bertz CT molecular complexity index is 441. The van der Waals surface area contributed by atoms with Gasteiger partial charge in [0.15, 0.2) is 0 Å². The second-order valence-electron chi connectivity index (χ2n) is 4.27. The van der Waals surface area contributed by atoms with Crippen LogP contribution in [0.3, 0.4) is 0 Å². The summed E-state index contributed by atoms with van der Waals surface area (Å²) in [5.74, 6) is 0.00533. The van der Waals surface area contributed by atoms with Gasteiger partial charge >= 0.3 is 0 Å². The summed E-state index contributed by atoms with van der Waals surface area (Å²) in [5.41, 5.74) is 0.829. The molecule has 0 atom stereocenters. The standard InChI is InChI=1S/C16H20FNO2/c1-15(9-10-17)7-5-3-2-4-6-8-16(19)18-11-13-20-14-12-18/h2-10H,11-14H2,1H3/b4-2+,5-3+,8-6+,10-9-,15-7-. The Morgan fingerprint density at radius 1 is 1.05 bits per heavy atom. The van der Waals surface area contributed by atoms with E-state index in [2.05, 4.69) is 0 Å². The Kier molecular flexibility index (Phi) is 7.99. The monoisotopic (exact) mass is 277 g/mol. The van der Waals surface area contributed by atoms with Crippen molar-refractivity contribution >= 4 is 5.91 Å². The lowest BCUT2D eigenvalue weighted by molar-refractivity contribution is -0.129. The van der Waals surface area contributed by atoms with Crippen LogP contribution in [-0.4, -0.2) is 37.1 Å². The topological polar surface area (TPSA) is 29.5 Å². The molecule has 0 aromatic rings. The van der Waals surface area contributed by atoms with Crippen LogP contribution >= 0.6 is 0 Å². The number of hydrogen-bond acceptors (Lipinski definition) is 2. The van der Waals surface area contributed by atoms with E-state index in [0.29, 0.717) is 32.6 Å². The van der Waals surface area contributed by atoms with Crippen molar-refractivity contribution in [3.8, 4) is 0 Å². The fraction of sp³-hybridized carbons (Fsp3) is 0.312. The fourth-order valence-corrected chi connectivity index (χ4v) is 1.58. The summed E-state index contributed by atoms with van der Waals surface area (Å²) in [6, 6.07) is 0. The first kappa shape index (κ1) is 16.1. The highest BCUT2D eigenvalue weighted by Gasteiger charge is 2.13. The molecule has 1 aliphatic heterocycles. The smallest absolute Gasteiger partial charge is 0.246 e. The molecule has 108 valence electrons. The van der Waals surface area contributed by atoms with Crippen molar-refractivity contribution in [2.45, 2.75) is 6.92 Å². The molecule has 3 nitrogen and oxygen atoms in total. The highest BCUT2D eigenvalue weighted by molar-refractivity contribution is 5.87. The Morgan fingerprint density at radius 3 is 2.40 bits per heavy atom. The van der Waals surface area contributed by atoms with Crippen LogP contribution in [-0.2, 0) is 9.53 Å². The zero-order valence-corrected chi connectivity index (χ0v) is 11.7. The number of halogens is 1. The number of amides is 1. The van der Waals surface area contributed by atoms with Gasteiger partial charge in [-0.25, -0.2) is 4.39 Å². The molecule has 1 fully saturated rings. The summed E-state index contributed by atoms with van der Waals surface area (Å²) < 4.78 is 17.0. The van der Waals surface area contributed by atoms with Gasteiger partial charge in [-0.15, -0.1) is 0 Å². The number of hydrogen-bond donors (Lipinski definition) is 0. The van der Waals surface area contributed by atoms with Crippen LogP contribution in [0, 0.1) is 0 Å². The second kappa shape index (κ2) is 9.92. The normalized spacial score (nSPS) is 18.1. The van der Waals surface area contributed by atoms with Gasteiger partial charge < -0.3 is 9.64 Å². The molecule has 0 saturated carbocycles. The highest BCUT2D eigenvalue weighted by Crippen LogP contribution is 1.98. The van der Waals surface area contributed by atoms with Crippen molar-refractivity contribution < 1.29 is 13.9 Å². The first-order valence-corrected chi connectivity index (χ1v) is 6.56. The lowest BCUT2D eigenvalue weighted by Gasteiger charge is -2.25. The third-order valence-corrected chi connectivity index (χ3v) is 2.69. The maximum atomic E-state index is 11.8. The molecule has 20 heavy (non-hydrogen) atoms. The van der Waals surface area contributed by atoms with E-state index < -0.39 is 0 Å². The summed E-state index contributed by atoms with van der Waals surface area (Å²) in [6.07, 6.45) is 14.2. The molecule has 1 rings (SSSR count). The van der Waals surface area contributed by atoms with Gasteiger partial charge in [-0.3, -0.25) is 4.79 Å². The number of rotatable bonds is 5. The Balaban J connectivity index is 2.32. The molecule has 1 amide bonds. The van der Waals surface area contributed by atoms with Gasteiger partial charge in [0, 0.05) is 19.2 Å². The van der Waals surface area contributed by atoms with Gasteiger partial charge in [0.05, 0.1) is 19.5 Å². The molecule has 0 N–H and O–H groups in total. The molecule has 0 bridgehead atoms. The summed E-state index contributed by atoms with van der Waals surface area (Å²) in [5, 5.41) is 0. The summed E-state index contributed by atoms with van der Waals surface area (Å²) >= 11 is 0. The maximum Gasteiger partial charge on any atom is 0.246 e. The number of nitrogens with zero attached hydrogens (tertiary/aromatic N) is 1. The van der Waals surface area contributed by atoms with Gasteiger partial charge in [-0.05, 0) is 18.6 Å². The van der Waals surface area contributed by atoms with Crippen molar-refractivity contribution in [1.29, 1.82) is 0 Å². The van der Waals surface area contributed by atoms with Crippen LogP contribution in [0.25, 0.3) is 0 Å². The van der Waals surface area contributed by atoms with Crippen molar-refractivity contribution in [2.75, 3.05) is 26.3 Å². The number of carbonyl (C=O) groups is 1. The Hall–Kier alpha value is -1.94. The van der Waals surface area contributed by atoms with Crippen molar-refractivity contribution in [2.24, 2.45) is 0 Å². The van der Waals surface area contributed by atoms with Gasteiger partial charge in [0.1, 0.15) is 0 Å². The Morgan fingerprint density at radius 2 is 1.70 bits per heavy atom. The van der Waals surface area contributed by atoms with Crippen LogP contribution < -0.4 is 0 Å². The second-order valence-corrected chi connectivity index (χ2v) is 4.27. The summed E-state index contributed by atoms with van der Waals surface area (Å²) in [6.45, 7) is 4.33.